The lowest BCUT2D eigenvalue weighted by atomic mass is 9.53. The highest BCUT2D eigenvalue weighted by Gasteiger charge is 2.56. The van der Waals surface area contributed by atoms with E-state index < -0.39 is 0 Å². The number of carbonyl (C=O) groups is 3. The molecule has 1 aromatic rings. The Balaban J connectivity index is 1.15. The van der Waals surface area contributed by atoms with Crippen molar-refractivity contribution in [3.8, 4) is 5.75 Å². The fraction of sp³-hybridized carbons (Fsp3) is 0.649. The summed E-state index contributed by atoms with van der Waals surface area (Å²) >= 11 is 0. The van der Waals surface area contributed by atoms with Crippen LogP contribution in [0, 0.1) is 17.3 Å². The first kappa shape index (κ1) is 30.8. The second-order valence-corrected chi connectivity index (χ2v) is 13.6. The van der Waals surface area contributed by atoms with Crippen molar-refractivity contribution in [1.29, 1.82) is 0 Å². The second kappa shape index (κ2) is 13.7. The number of allylic oxidation sites excluding steroid dienone is 4. The summed E-state index contributed by atoms with van der Waals surface area (Å²) < 4.78 is 6.10. The smallest absolute Gasteiger partial charge is 0.222 e. The summed E-state index contributed by atoms with van der Waals surface area (Å²) in [6.45, 7) is 5.96. The number of amides is 1. The zero-order valence-electron chi connectivity index (χ0n) is 26.2. The van der Waals surface area contributed by atoms with E-state index in [-0.39, 0.29) is 23.0 Å². The van der Waals surface area contributed by atoms with E-state index in [0.29, 0.717) is 37.1 Å². The van der Waals surface area contributed by atoms with Crippen molar-refractivity contribution in [3.63, 3.8) is 0 Å². The summed E-state index contributed by atoms with van der Waals surface area (Å²) in [5, 5.41) is 0. The molecule has 2 saturated carbocycles. The molecule has 4 aliphatic rings. The van der Waals surface area contributed by atoms with Crippen LogP contribution in [0.3, 0.4) is 0 Å². The van der Waals surface area contributed by atoms with Crippen LogP contribution in [0.25, 0.3) is 0 Å². The maximum atomic E-state index is 13.2. The van der Waals surface area contributed by atoms with Crippen molar-refractivity contribution in [1.82, 2.24) is 4.90 Å². The molecule has 0 spiro atoms. The van der Waals surface area contributed by atoms with Gasteiger partial charge in [-0.1, -0.05) is 57.2 Å². The van der Waals surface area contributed by atoms with Crippen molar-refractivity contribution in [2.24, 2.45) is 17.3 Å². The summed E-state index contributed by atoms with van der Waals surface area (Å²) in [4.78, 5) is 39.4. The summed E-state index contributed by atoms with van der Waals surface area (Å²) in [7, 11) is 1.92. The zero-order chi connectivity index (χ0) is 29.7. The molecular formula is C37H51NO4. The number of ether oxygens (including phenoxy) is 1. The van der Waals surface area contributed by atoms with Crippen molar-refractivity contribution in [3.05, 3.63) is 52.6 Å². The van der Waals surface area contributed by atoms with Crippen molar-refractivity contribution in [2.75, 3.05) is 20.2 Å². The molecule has 42 heavy (non-hydrogen) atoms. The SMILES string of the molecule is CCCCN(C)C(=O)CCCCCCCOc1ccc([C@H]2C[C@]3(C)C(=O)CC[C@H]3[C@@H]3CCC4=CC(=O)CCC4=C32)cc1. The first-order valence-electron chi connectivity index (χ1n) is 16.8. The molecule has 4 atom stereocenters. The Morgan fingerprint density at radius 3 is 2.50 bits per heavy atom. The Labute approximate surface area is 253 Å². The highest BCUT2D eigenvalue weighted by atomic mass is 16.5. The third kappa shape index (κ3) is 6.60. The molecule has 2 fully saturated rings. The second-order valence-electron chi connectivity index (χ2n) is 13.6. The van der Waals surface area contributed by atoms with Gasteiger partial charge in [-0.05, 0) is 98.1 Å². The van der Waals surface area contributed by atoms with Crippen LogP contribution in [0.4, 0.5) is 0 Å². The highest BCUT2D eigenvalue weighted by molar-refractivity contribution is 5.93. The molecule has 4 aliphatic carbocycles. The molecule has 5 rings (SSSR count). The van der Waals surface area contributed by atoms with Gasteiger partial charge in [0.25, 0.3) is 0 Å². The van der Waals surface area contributed by atoms with Gasteiger partial charge >= 0.3 is 0 Å². The highest BCUT2D eigenvalue weighted by Crippen LogP contribution is 2.62. The Kier molecular flexibility index (Phi) is 10.1. The van der Waals surface area contributed by atoms with Gasteiger partial charge in [-0.2, -0.15) is 0 Å². The minimum atomic E-state index is -0.238. The standard InChI is InChI=1S/C37H51NO4/c1-4-5-22-38(3)35(41)11-9-7-6-8-10-23-42-29-16-12-26(13-17-29)32-25-37(2)33(20-21-34(37)40)31-18-14-27-24-28(39)15-19-30(27)36(31)32/h12-13,16-17,24,31-33H,4-11,14-15,18-23,25H2,1-3H3/t31-,32+,33-,37-/m0/s1. The summed E-state index contributed by atoms with van der Waals surface area (Å²) in [5.74, 6) is 3.02. The van der Waals surface area contributed by atoms with Crippen molar-refractivity contribution in [2.45, 2.75) is 116 Å². The quantitative estimate of drug-likeness (QED) is 0.224. The van der Waals surface area contributed by atoms with Gasteiger partial charge in [0.05, 0.1) is 6.61 Å². The molecule has 228 valence electrons. The number of rotatable bonds is 13. The number of hydrogen-bond acceptors (Lipinski definition) is 4. The minimum absolute atomic E-state index is 0.234. The monoisotopic (exact) mass is 573 g/mol. The lowest BCUT2D eigenvalue weighted by molar-refractivity contribution is -0.130. The summed E-state index contributed by atoms with van der Waals surface area (Å²) in [6, 6.07) is 8.64. The average molecular weight is 574 g/mol. The van der Waals surface area contributed by atoms with Crippen LogP contribution < -0.4 is 4.74 Å². The van der Waals surface area contributed by atoms with Gasteiger partial charge in [-0.15, -0.1) is 0 Å². The van der Waals surface area contributed by atoms with Gasteiger partial charge < -0.3 is 9.64 Å². The number of fused-ring (bicyclic) bond motifs is 4. The van der Waals surface area contributed by atoms with Crippen molar-refractivity contribution >= 4 is 17.5 Å². The van der Waals surface area contributed by atoms with E-state index in [1.54, 1.807) is 5.57 Å². The fourth-order valence-corrected chi connectivity index (χ4v) is 8.34. The Hall–Kier alpha value is -2.69. The van der Waals surface area contributed by atoms with E-state index in [1.165, 1.54) is 16.7 Å². The number of benzene rings is 1. The van der Waals surface area contributed by atoms with E-state index in [2.05, 4.69) is 38.1 Å². The van der Waals surface area contributed by atoms with Crippen LogP contribution in [0.1, 0.15) is 122 Å². The molecule has 0 unspecified atom stereocenters. The number of Topliss-reactive ketones (excluding diaryl/α,β-unsaturated/α-hetero) is 1. The van der Waals surface area contributed by atoms with Crippen molar-refractivity contribution < 1.29 is 19.1 Å². The fourth-order valence-electron chi connectivity index (χ4n) is 8.34. The van der Waals surface area contributed by atoms with Crippen LogP contribution in [0.15, 0.2) is 47.1 Å². The van der Waals surface area contributed by atoms with Gasteiger partial charge in [0, 0.05) is 44.2 Å². The van der Waals surface area contributed by atoms with Gasteiger partial charge in [0.15, 0.2) is 5.78 Å². The topological polar surface area (TPSA) is 63.7 Å². The van der Waals surface area contributed by atoms with E-state index >= 15 is 0 Å². The van der Waals surface area contributed by atoms with E-state index in [9.17, 15) is 14.4 Å². The van der Waals surface area contributed by atoms with Gasteiger partial charge in [0.1, 0.15) is 11.5 Å². The molecule has 0 aliphatic heterocycles. The number of nitrogens with zero attached hydrogens (tertiary/aromatic N) is 1. The number of hydrogen-bond donors (Lipinski definition) is 0. The van der Waals surface area contributed by atoms with Crippen LogP contribution in [-0.4, -0.2) is 42.6 Å². The predicted octanol–water partition coefficient (Wildman–Crippen LogP) is 8.13. The molecule has 0 aromatic heterocycles. The lowest BCUT2D eigenvalue weighted by Crippen LogP contribution is -2.43. The third-order valence-electron chi connectivity index (χ3n) is 10.8. The Morgan fingerprint density at radius 2 is 1.71 bits per heavy atom. The molecule has 5 nitrogen and oxygen atoms in total. The molecular weight excluding hydrogens is 522 g/mol. The predicted molar refractivity (Wildman–Crippen MR) is 167 cm³/mol. The first-order chi connectivity index (χ1) is 20.3. The molecule has 0 N–H and O–H groups in total. The normalized spacial score (nSPS) is 26.8. The van der Waals surface area contributed by atoms with Crippen LogP contribution in [0.5, 0.6) is 5.75 Å². The number of carbonyl (C=O) groups excluding carboxylic acids is 3. The van der Waals surface area contributed by atoms with E-state index in [4.69, 9.17) is 4.74 Å². The van der Waals surface area contributed by atoms with Crippen LogP contribution >= 0.6 is 0 Å². The van der Waals surface area contributed by atoms with Crippen LogP contribution in [-0.2, 0) is 14.4 Å². The molecule has 0 saturated heterocycles. The summed E-state index contributed by atoms with van der Waals surface area (Å²) in [6.07, 6.45) is 16.2. The molecule has 5 heteroatoms. The van der Waals surface area contributed by atoms with E-state index in [0.717, 1.165) is 95.8 Å². The molecule has 1 amide bonds. The van der Waals surface area contributed by atoms with E-state index in [1.807, 2.05) is 18.0 Å². The molecule has 0 heterocycles. The number of unbranched alkanes of at least 4 members (excludes halogenated alkanes) is 5. The maximum absolute atomic E-state index is 13.2. The average Bonchev–Trinajstić information content (AvgIpc) is 3.30. The van der Waals surface area contributed by atoms with Crippen LogP contribution in [0.2, 0.25) is 0 Å². The largest absolute Gasteiger partial charge is 0.494 e. The lowest BCUT2D eigenvalue weighted by Gasteiger charge is -2.50. The zero-order valence-corrected chi connectivity index (χ0v) is 26.2. The maximum Gasteiger partial charge on any atom is 0.222 e. The third-order valence-corrected chi connectivity index (χ3v) is 10.8. The molecule has 0 bridgehead atoms. The van der Waals surface area contributed by atoms with Gasteiger partial charge in [-0.25, -0.2) is 0 Å². The minimum Gasteiger partial charge on any atom is -0.494 e. The Morgan fingerprint density at radius 1 is 0.952 bits per heavy atom. The van der Waals surface area contributed by atoms with Gasteiger partial charge in [-0.3, -0.25) is 14.4 Å². The molecule has 0 radical (unpaired) electrons. The summed E-state index contributed by atoms with van der Waals surface area (Å²) in [5.41, 5.74) is 5.28. The Bertz CT molecular complexity index is 1210. The first-order valence-corrected chi connectivity index (χ1v) is 16.8. The number of ketones is 2. The van der Waals surface area contributed by atoms with Gasteiger partial charge in [0.2, 0.25) is 5.91 Å². The molecule has 1 aromatic carbocycles.